The van der Waals surface area contributed by atoms with Gasteiger partial charge in [-0.1, -0.05) is 6.92 Å². The Balaban J connectivity index is 3.05. The van der Waals surface area contributed by atoms with Crippen LogP contribution < -0.4 is 5.32 Å². The maximum absolute atomic E-state index is 3.62. The van der Waals surface area contributed by atoms with Gasteiger partial charge < -0.3 is 10.2 Å². The summed E-state index contributed by atoms with van der Waals surface area (Å²) in [6, 6.07) is 2.60. The van der Waals surface area contributed by atoms with E-state index in [4.69, 9.17) is 0 Å². The first-order valence-electron chi connectivity index (χ1n) is 5.86. The van der Waals surface area contributed by atoms with Crippen LogP contribution in [0.3, 0.4) is 0 Å². The highest BCUT2D eigenvalue weighted by molar-refractivity contribution is 7.10. The summed E-state index contributed by atoms with van der Waals surface area (Å²) in [6.45, 7) is 9.95. The van der Waals surface area contributed by atoms with Gasteiger partial charge in [0.2, 0.25) is 0 Å². The van der Waals surface area contributed by atoms with Crippen LogP contribution in [0.5, 0.6) is 0 Å². The molecule has 1 rings (SSSR count). The van der Waals surface area contributed by atoms with Crippen molar-refractivity contribution in [1.82, 2.24) is 10.2 Å². The van der Waals surface area contributed by atoms with Gasteiger partial charge in [-0.25, -0.2) is 0 Å². The second kappa shape index (κ2) is 5.30. The Morgan fingerprint density at radius 1 is 1.44 bits per heavy atom. The van der Waals surface area contributed by atoms with Crippen LogP contribution in [0.4, 0.5) is 0 Å². The quantitative estimate of drug-likeness (QED) is 0.851. The van der Waals surface area contributed by atoms with Crippen LogP contribution >= 0.6 is 11.3 Å². The van der Waals surface area contributed by atoms with E-state index in [1.807, 2.05) is 11.3 Å². The largest absolute Gasteiger partial charge is 0.308 e. The van der Waals surface area contributed by atoms with Crippen LogP contribution in [0.2, 0.25) is 0 Å². The summed E-state index contributed by atoms with van der Waals surface area (Å²) in [5.74, 6) is 0. The fraction of sp³-hybridized carbons (Fsp3) is 0.692. The van der Waals surface area contributed by atoms with E-state index >= 15 is 0 Å². The second-order valence-corrected chi connectivity index (χ2v) is 5.95. The molecule has 3 heteroatoms. The maximum Gasteiger partial charge on any atom is 0.0598 e. The first-order chi connectivity index (χ1) is 7.41. The standard InChI is InChI=1S/C13H24N2S/c1-7-14-12(13(3,4)15(5)6)11-10(2)8-9-16-11/h8-9,12,14H,7H2,1-6H3. The molecule has 0 aromatic carbocycles. The van der Waals surface area contributed by atoms with Gasteiger partial charge >= 0.3 is 0 Å². The molecule has 0 aliphatic heterocycles. The fourth-order valence-corrected chi connectivity index (χ4v) is 2.99. The Morgan fingerprint density at radius 2 is 2.06 bits per heavy atom. The van der Waals surface area contributed by atoms with Crippen LogP contribution in [0.15, 0.2) is 11.4 Å². The van der Waals surface area contributed by atoms with E-state index in [1.165, 1.54) is 10.4 Å². The number of nitrogens with one attached hydrogen (secondary N) is 1. The first kappa shape index (κ1) is 13.7. The van der Waals surface area contributed by atoms with Crippen molar-refractivity contribution in [1.29, 1.82) is 0 Å². The highest BCUT2D eigenvalue weighted by atomic mass is 32.1. The summed E-state index contributed by atoms with van der Waals surface area (Å²) in [5, 5.41) is 5.80. The molecule has 1 N–H and O–H groups in total. The first-order valence-corrected chi connectivity index (χ1v) is 6.74. The van der Waals surface area contributed by atoms with Gasteiger partial charge in [-0.3, -0.25) is 0 Å². The molecule has 0 spiro atoms. The van der Waals surface area contributed by atoms with Crippen molar-refractivity contribution in [2.75, 3.05) is 20.6 Å². The van der Waals surface area contributed by atoms with Crippen molar-refractivity contribution < 1.29 is 0 Å². The summed E-state index contributed by atoms with van der Waals surface area (Å²) >= 11 is 1.85. The molecule has 0 saturated heterocycles. The molecule has 1 heterocycles. The minimum Gasteiger partial charge on any atom is -0.308 e. The highest BCUT2D eigenvalue weighted by Gasteiger charge is 2.33. The lowest BCUT2D eigenvalue weighted by Gasteiger charge is -2.40. The minimum atomic E-state index is 0.117. The number of aryl methyl sites for hydroxylation is 1. The van der Waals surface area contributed by atoms with Crippen LogP contribution in [-0.4, -0.2) is 31.1 Å². The fourth-order valence-electron chi connectivity index (χ4n) is 1.81. The van der Waals surface area contributed by atoms with Crippen LogP contribution in [0.1, 0.15) is 37.3 Å². The van der Waals surface area contributed by atoms with Gasteiger partial charge in [0, 0.05) is 10.4 Å². The summed E-state index contributed by atoms with van der Waals surface area (Å²) in [7, 11) is 4.29. The summed E-state index contributed by atoms with van der Waals surface area (Å²) in [5.41, 5.74) is 1.51. The van der Waals surface area contributed by atoms with Gasteiger partial charge in [-0.15, -0.1) is 11.3 Å². The van der Waals surface area contributed by atoms with Gasteiger partial charge in [0.25, 0.3) is 0 Å². The third-order valence-corrected chi connectivity index (χ3v) is 4.51. The van der Waals surface area contributed by atoms with Crippen molar-refractivity contribution in [2.24, 2.45) is 0 Å². The monoisotopic (exact) mass is 240 g/mol. The van der Waals surface area contributed by atoms with E-state index in [0.717, 1.165) is 6.54 Å². The van der Waals surface area contributed by atoms with Gasteiger partial charge in [0.15, 0.2) is 0 Å². The Hall–Kier alpha value is -0.380. The lowest BCUT2D eigenvalue weighted by Crippen LogP contribution is -2.49. The molecule has 0 saturated carbocycles. The van der Waals surface area contributed by atoms with E-state index in [-0.39, 0.29) is 5.54 Å². The smallest absolute Gasteiger partial charge is 0.0598 e. The van der Waals surface area contributed by atoms with Crippen LogP contribution in [-0.2, 0) is 0 Å². The molecular weight excluding hydrogens is 216 g/mol. The molecule has 0 amide bonds. The van der Waals surface area contributed by atoms with E-state index in [2.05, 4.69) is 63.5 Å². The lowest BCUT2D eigenvalue weighted by molar-refractivity contribution is 0.140. The molecule has 0 fully saturated rings. The molecule has 1 atom stereocenters. The molecule has 92 valence electrons. The Bertz CT molecular complexity index is 328. The Morgan fingerprint density at radius 3 is 2.44 bits per heavy atom. The average Bonchev–Trinajstić information content (AvgIpc) is 2.60. The highest BCUT2D eigenvalue weighted by Crippen LogP contribution is 2.34. The van der Waals surface area contributed by atoms with Crippen LogP contribution in [0.25, 0.3) is 0 Å². The van der Waals surface area contributed by atoms with Gasteiger partial charge in [-0.2, -0.15) is 0 Å². The zero-order valence-electron chi connectivity index (χ0n) is 11.3. The van der Waals surface area contributed by atoms with Crippen molar-refractivity contribution in [2.45, 2.75) is 39.3 Å². The average molecular weight is 240 g/mol. The zero-order valence-corrected chi connectivity index (χ0v) is 12.1. The molecule has 0 aliphatic carbocycles. The van der Waals surface area contributed by atoms with Crippen molar-refractivity contribution in [3.05, 3.63) is 21.9 Å². The molecule has 1 aromatic heterocycles. The Kier molecular flexibility index (Phi) is 4.53. The summed E-state index contributed by atoms with van der Waals surface area (Å²) in [4.78, 5) is 3.75. The minimum absolute atomic E-state index is 0.117. The molecule has 1 unspecified atom stereocenters. The van der Waals surface area contributed by atoms with Crippen molar-refractivity contribution in [3.63, 3.8) is 0 Å². The third kappa shape index (κ3) is 2.65. The number of hydrogen-bond donors (Lipinski definition) is 1. The number of likely N-dealkylation sites (N-methyl/N-ethyl adjacent to an activating group) is 2. The second-order valence-electron chi connectivity index (χ2n) is 5.01. The molecule has 0 aliphatic rings. The molecule has 1 aromatic rings. The summed E-state index contributed by atoms with van der Waals surface area (Å²) < 4.78 is 0. The molecule has 0 bridgehead atoms. The third-order valence-electron chi connectivity index (χ3n) is 3.43. The maximum atomic E-state index is 3.62. The molecule has 16 heavy (non-hydrogen) atoms. The van der Waals surface area contributed by atoms with Gasteiger partial charge in [0.1, 0.15) is 0 Å². The molecule has 0 radical (unpaired) electrons. The van der Waals surface area contributed by atoms with Crippen molar-refractivity contribution in [3.8, 4) is 0 Å². The molecule has 2 nitrogen and oxygen atoms in total. The number of thiophene rings is 1. The predicted octanol–water partition coefficient (Wildman–Crippen LogP) is 3.05. The van der Waals surface area contributed by atoms with Gasteiger partial charge in [0.05, 0.1) is 6.04 Å². The normalized spacial score (nSPS) is 14.4. The van der Waals surface area contributed by atoms with Gasteiger partial charge in [-0.05, 0) is 58.4 Å². The number of rotatable bonds is 5. The predicted molar refractivity (Wildman–Crippen MR) is 73.2 cm³/mol. The van der Waals surface area contributed by atoms with E-state index < -0.39 is 0 Å². The van der Waals surface area contributed by atoms with E-state index in [9.17, 15) is 0 Å². The molecular formula is C13H24N2S. The van der Waals surface area contributed by atoms with E-state index in [1.54, 1.807) is 0 Å². The Labute approximate surface area is 104 Å². The van der Waals surface area contributed by atoms with Crippen molar-refractivity contribution >= 4 is 11.3 Å². The zero-order chi connectivity index (χ0) is 12.3. The van der Waals surface area contributed by atoms with Crippen LogP contribution in [0, 0.1) is 6.92 Å². The SMILES string of the molecule is CCNC(c1sccc1C)C(C)(C)N(C)C. The summed E-state index contributed by atoms with van der Waals surface area (Å²) in [6.07, 6.45) is 0. The lowest BCUT2D eigenvalue weighted by atomic mass is 9.90. The topological polar surface area (TPSA) is 15.3 Å². The van der Waals surface area contributed by atoms with E-state index in [0.29, 0.717) is 6.04 Å². The number of nitrogens with zero attached hydrogens (tertiary/aromatic N) is 1. The number of hydrogen-bond acceptors (Lipinski definition) is 3.